The van der Waals surface area contributed by atoms with E-state index in [0.717, 1.165) is 10.9 Å². The van der Waals surface area contributed by atoms with Crippen molar-refractivity contribution in [2.45, 2.75) is 0 Å². The molecule has 1 aromatic carbocycles. The van der Waals surface area contributed by atoms with Gasteiger partial charge in [-0.1, -0.05) is 17.7 Å². The molecule has 0 aliphatic carbocycles. The number of carbonyl (C=O) groups is 1. The predicted octanol–water partition coefficient (Wildman–Crippen LogP) is 2.40. The topological polar surface area (TPSA) is 81.8 Å². The number of hydrogen-bond acceptors (Lipinski definition) is 2. The highest BCUT2D eigenvalue weighted by Gasteiger charge is 2.16. The second-order valence-electron chi connectivity index (χ2n) is 3.44. The van der Waals surface area contributed by atoms with Crippen LogP contribution in [0.4, 0.5) is 0 Å². The molecule has 0 unspecified atom stereocenters. The maximum Gasteiger partial charge on any atom is 0.354 e. The van der Waals surface area contributed by atoms with Crippen LogP contribution in [-0.2, 0) is 0 Å². The van der Waals surface area contributed by atoms with Gasteiger partial charge in [0.2, 0.25) is 0 Å². The number of rotatable bonds is 1. The van der Waals surface area contributed by atoms with Crippen LogP contribution in [-0.4, -0.2) is 26.3 Å². The monoisotopic (exact) mass is 235 g/mol. The molecule has 0 spiro atoms. The summed E-state index contributed by atoms with van der Waals surface area (Å²) in [4.78, 5) is 14.0. The fourth-order valence-corrected chi connectivity index (χ4v) is 1.99. The smallest absolute Gasteiger partial charge is 0.354 e. The van der Waals surface area contributed by atoms with Gasteiger partial charge in [-0.15, -0.1) is 0 Å². The van der Waals surface area contributed by atoms with Crippen LogP contribution in [0.25, 0.3) is 21.9 Å². The number of nitrogens with one attached hydrogen (secondary N) is 2. The molecule has 0 amide bonds. The van der Waals surface area contributed by atoms with E-state index in [1.165, 1.54) is 0 Å². The Hall–Kier alpha value is -2.01. The Morgan fingerprint density at radius 3 is 3.00 bits per heavy atom. The second kappa shape index (κ2) is 2.99. The van der Waals surface area contributed by atoms with E-state index in [-0.39, 0.29) is 5.69 Å². The number of fused-ring (bicyclic) bond motifs is 3. The first kappa shape index (κ1) is 9.23. The third-order valence-corrected chi connectivity index (χ3v) is 2.72. The molecule has 0 bridgehead atoms. The van der Waals surface area contributed by atoms with Crippen LogP contribution in [0.5, 0.6) is 0 Å². The molecule has 0 saturated heterocycles. The highest BCUT2D eigenvalue weighted by atomic mass is 35.5. The average molecular weight is 236 g/mol. The highest BCUT2D eigenvalue weighted by Crippen LogP contribution is 2.28. The summed E-state index contributed by atoms with van der Waals surface area (Å²) in [6.07, 6.45) is 0. The number of halogens is 1. The molecule has 16 heavy (non-hydrogen) atoms. The van der Waals surface area contributed by atoms with Crippen LogP contribution in [0, 0.1) is 0 Å². The van der Waals surface area contributed by atoms with Crippen molar-refractivity contribution in [3.05, 3.63) is 28.9 Å². The summed E-state index contributed by atoms with van der Waals surface area (Å²) < 4.78 is 0. The highest BCUT2D eigenvalue weighted by molar-refractivity contribution is 6.31. The SMILES string of the molecule is O=C(O)c1[nH]nc2[nH]c3cc(Cl)ccc3c12. The van der Waals surface area contributed by atoms with Gasteiger partial charge in [0.25, 0.3) is 0 Å². The van der Waals surface area contributed by atoms with Gasteiger partial charge in [0.15, 0.2) is 11.3 Å². The standard InChI is InChI=1S/C10H6ClN3O2/c11-4-1-2-5-6(3-4)12-9-7(5)8(10(15)16)13-14-9/h1-3H,(H,15,16)(H2,12,13,14). The largest absolute Gasteiger partial charge is 0.477 e. The van der Waals surface area contributed by atoms with Crippen molar-refractivity contribution in [2.75, 3.05) is 0 Å². The van der Waals surface area contributed by atoms with E-state index in [1.54, 1.807) is 18.2 Å². The lowest BCUT2D eigenvalue weighted by molar-refractivity contribution is 0.0692. The van der Waals surface area contributed by atoms with Crippen LogP contribution in [0.3, 0.4) is 0 Å². The van der Waals surface area contributed by atoms with Crippen LogP contribution < -0.4 is 0 Å². The summed E-state index contributed by atoms with van der Waals surface area (Å²) >= 11 is 5.85. The number of aromatic carboxylic acids is 1. The Morgan fingerprint density at radius 2 is 2.25 bits per heavy atom. The summed E-state index contributed by atoms with van der Waals surface area (Å²) in [5.74, 6) is -1.03. The fourth-order valence-electron chi connectivity index (χ4n) is 1.81. The normalized spacial score (nSPS) is 11.3. The zero-order valence-electron chi connectivity index (χ0n) is 7.91. The summed E-state index contributed by atoms with van der Waals surface area (Å²) in [5, 5.41) is 17.4. The van der Waals surface area contributed by atoms with E-state index in [4.69, 9.17) is 16.7 Å². The Kier molecular flexibility index (Phi) is 1.73. The van der Waals surface area contributed by atoms with Gasteiger partial charge in [-0.25, -0.2) is 4.79 Å². The zero-order valence-corrected chi connectivity index (χ0v) is 8.67. The number of H-pyrrole nitrogens is 2. The molecule has 3 aromatic rings. The third-order valence-electron chi connectivity index (χ3n) is 2.48. The molecule has 0 atom stereocenters. The third kappa shape index (κ3) is 1.12. The summed E-state index contributed by atoms with van der Waals surface area (Å²) in [6, 6.07) is 5.23. The summed E-state index contributed by atoms with van der Waals surface area (Å²) in [6.45, 7) is 0. The Balaban J connectivity index is 2.50. The van der Waals surface area contributed by atoms with Gasteiger partial charge in [-0.3, -0.25) is 5.10 Å². The minimum atomic E-state index is -1.03. The lowest BCUT2D eigenvalue weighted by atomic mass is 10.2. The molecule has 0 saturated carbocycles. The minimum Gasteiger partial charge on any atom is -0.477 e. The van der Waals surface area contributed by atoms with Crippen molar-refractivity contribution < 1.29 is 9.90 Å². The fraction of sp³-hybridized carbons (Fsp3) is 0. The number of benzene rings is 1. The molecule has 0 aliphatic heterocycles. The first-order valence-electron chi connectivity index (χ1n) is 4.55. The van der Waals surface area contributed by atoms with Crippen LogP contribution in [0.2, 0.25) is 5.02 Å². The lowest BCUT2D eigenvalue weighted by Gasteiger charge is -1.92. The molecule has 0 aliphatic rings. The van der Waals surface area contributed by atoms with Crippen molar-refractivity contribution in [2.24, 2.45) is 0 Å². The number of aromatic amines is 2. The predicted molar refractivity (Wildman–Crippen MR) is 59.9 cm³/mol. The quantitative estimate of drug-likeness (QED) is 0.606. The van der Waals surface area contributed by atoms with Crippen molar-refractivity contribution in [1.82, 2.24) is 15.2 Å². The summed E-state index contributed by atoms with van der Waals surface area (Å²) in [7, 11) is 0. The molecule has 5 nitrogen and oxygen atoms in total. The van der Waals surface area contributed by atoms with Crippen molar-refractivity contribution in [3.8, 4) is 0 Å². The van der Waals surface area contributed by atoms with E-state index in [9.17, 15) is 4.79 Å². The maximum atomic E-state index is 11.0. The number of carboxylic acid groups (broad SMARTS) is 1. The Bertz CT molecular complexity index is 713. The van der Waals surface area contributed by atoms with Crippen molar-refractivity contribution in [1.29, 1.82) is 0 Å². The first-order valence-corrected chi connectivity index (χ1v) is 4.93. The van der Waals surface area contributed by atoms with Crippen LogP contribution >= 0.6 is 11.6 Å². The number of hydrogen-bond donors (Lipinski definition) is 3. The zero-order chi connectivity index (χ0) is 11.3. The molecule has 0 radical (unpaired) electrons. The summed E-state index contributed by atoms with van der Waals surface area (Å²) in [5.41, 5.74) is 1.39. The second-order valence-corrected chi connectivity index (χ2v) is 3.88. The molecule has 0 fully saturated rings. The molecule has 6 heteroatoms. The molecular weight excluding hydrogens is 230 g/mol. The van der Waals surface area contributed by atoms with Gasteiger partial charge in [-0.05, 0) is 12.1 Å². The van der Waals surface area contributed by atoms with Gasteiger partial charge in [0, 0.05) is 15.9 Å². The molecule has 3 N–H and O–H groups in total. The molecule has 3 rings (SSSR count). The van der Waals surface area contributed by atoms with Gasteiger partial charge >= 0.3 is 5.97 Å². The lowest BCUT2D eigenvalue weighted by Crippen LogP contribution is -1.96. The first-order chi connectivity index (χ1) is 7.66. The number of carboxylic acids is 1. The number of nitrogens with zero attached hydrogens (tertiary/aromatic N) is 1. The Labute approximate surface area is 94.0 Å². The average Bonchev–Trinajstić information content (AvgIpc) is 2.74. The van der Waals surface area contributed by atoms with Gasteiger partial charge in [0.1, 0.15) is 0 Å². The van der Waals surface area contributed by atoms with Gasteiger partial charge < -0.3 is 10.1 Å². The number of aromatic nitrogens is 3. The molecule has 80 valence electrons. The van der Waals surface area contributed by atoms with E-state index in [1.807, 2.05) is 0 Å². The van der Waals surface area contributed by atoms with E-state index in [2.05, 4.69) is 15.2 Å². The molecule has 2 aromatic heterocycles. The molecular formula is C10H6ClN3O2. The van der Waals surface area contributed by atoms with E-state index < -0.39 is 5.97 Å². The van der Waals surface area contributed by atoms with Crippen molar-refractivity contribution in [3.63, 3.8) is 0 Å². The van der Waals surface area contributed by atoms with E-state index >= 15 is 0 Å². The minimum absolute atomic E-state index is 0.0866. The van der Waals surface area contributed by atoms with Gasteiger partial charge in [0.05, 0.1) is 5.39 Å². The maximum absolute atomic E-state index is 11.0. The van der Waals surface area contributed by atoms with E-state index in [0.29, 0.717) is 16.1 Å². The van der Waals surface area contributed by atoms with Crippen LogP contribution in [0.1, 0.15) is 10.5 Å². The molecule has 2 heterocycles. The van der Waals surface area contributed by atoms with Crippen molar-refractivity contribution >= 4 is 39.5 Å². The van der Waals surface area contributed by atoms with Gasteiger partial charge in [-0.2, -0.15) is 5.10 Å². The van der Waals surface area contributed by atoms with Crippen LogP contribution in [0.15, 0.2) is 18.2 Å². The Morgan fingerprint density at radius 1 is 1.44 bits per heavy atom.